The van der Waals surface area contributed by atoms with Gasteiger partial charge in [0.25, 0.3) is 0 Å². The Morgan fingerprint density at radius 3 is 2.14 bits per heavy atom. The molecule has 0 amide bonds. The molecule has 0 spiro atoms. The molecule has 1 N–H and O–H groups in total. The highest BCUT2D eigenvalue weighted by Crippen LogP contribution is 2.29. The van der Waals surface area contributed by atoms with Crippen molar-refractivity contribution in [2.45, 2.75) is 53.5 Å². The highest BCUT2D eigenvalue weighted by atomic mass is 14.9. The van der Waals surface area contributed by atoms with Gasteiger partial charge in [0.1, 0.15) is 0 Å². The van der Waals surface area contributed by atoms with Gasteiger partial charge in [0.2, 0.25) is 0 Å². The van der Waals surface area contributed by atoms with Gasteiger partial charge in [-0.2, -0.15) is 0 Å². The zero-order valence-corrected chi connectivity index (χ0v) is 10.8. The largest absolute Gasteiger partial charge is 0.317 e. The zero-order chi connectivity index (χ0) is 11.4. The molecule has 0 aromatic carbocycles. The summed E-state index contributed by atoms with van der Waals surface area (Å²) in [6, 6.07) is 0.585. The lowest BCUT2D eigenvalue weighted by atomic mass is 9.78. The van der Waals surface area contributed by atoms with Crippen LogP contribution in [0.25, 0.3) is 0 Å². The van der Waals surface area contributed by atoms with Crippen molar-refractivity contribution in [3.63, 3.8) is 0 Å². The molecule has 14 heavy (non-hydrogen) atoms. The van der Waals surface area contributed by atoms with Gasteiger partial charge in [-0.15, -0.1) is 6.58 Å². The van der Waals surface area contributed by atoms with E-state index in [-0.39, 0.29) is 0 Å². The molecule has 0 heterocycles. The molecule has 0 saturated heterocycles. The smallest absolute Gasteiger partial charge is 0.0104 e. The molecular weight excluding hydrogens is 170 g/mol. The van der Waals surface area contributed by atoms with Crippen LogP contribution in [0.5, 0.6) is 0 Å². The van der Waals surface area contributed by atoms with Crippen LogP contribution in [0.4, 0.5) is 0 Å². The van der Waals surface area contributed by atoms with Gasteiger partial charge in [0, 0.05) is 6.04 Å². The van der Waals surface area contributed by atoms with E-state index in [1.807, 2.05) is 7.05 Å². The van der Waals surface area contributed by atoms with Gasteiger partial charge in [-0.1, -0.05) is 33.3 Å². The first-order chi connectivity index (χ1) is 6.27. The Morgan fingerprint density at radius 2 is 1.86 bits per heavy atom. The fraction of sp³-hybridized carbons (Fsp3) is 0.846. The number of hydrogen-bond donors (Lipinski definition) is 1. The molecule has 1 heteroatoms. The summed E-state index contributed by atoms with van der Waals surface area (Å²) in [5, 5.41) is 3.38. The third kappa shape index (κ3) is 5.43. The zero-order valence-electron chi connectivity index (χ0n) is 10.8. The van der Waals surface area contributed by atoms with Crippen LogP contribution in [-0.4, -0.2) is 13.1 Å². The first-order valence-corrected chi connectivity index (χ1v) is 5.59. The molecule has 0 radical (unpaired) electrons. The molecule has 2 unspecified atom stereocenters. The first kappa shape index (κ1) is 13.7. The lowest BCUT2D eigenvalue weighted by Crippen LogP contribution is -2.31. The SMILES string of the molecule is C=C(C)CC(CC(C)C(C)(C)C)NC. The van der Waals surface area contributed by atoms with Crippen molar-refractivity contribution in [3.8, 4) is 0 Å². The van der Waals surface area contributed by atoms with E-state index in [1.54, 1.807) is 0 Å². The minimum Gasteiger partial charge on any atom is -0.317 e. The van der Waals surface area contributed by atoms with Crippen molar-refractivity contribution in [2.24, 2.45) is 11.3 Å². The fourth-order valence-corrected chi connectivity index (χ4v) is 1.50. The Bertz CT molecular complexity index is 176. The number of rotatable bonds is 5. The summed E-state index contributed by atoms with van der Waals surface area (Å²) in [7, 11) is 2.04. The van der Waals surface area contributed by atoms with Crippen molar-refractivity contribution in [3.05, 3.63) is 12.2 Å². The van der Waals surface area contributed by atoms with Crippen molar-refractivity contribution in [1.82, 2.24) is 5.32 Å². The maximum atomic E-state index is 3.97. The van der Waals surface area contributed by atoms with Crippen LogP contribution in [0, 0.1) is 11.3 Å². The third-order valence-corrected chi connectivity index (χ3v) is 3.12. The second-order valence-electron chi connectivity index (χ2n) is 5.65. The van der Waals surface area contributed by atoms with E-state index in [4.69, 9.17) is 0 Å². The molecule has 0 fully saturated rings. The monoisotopic (exact) mass is 197 g/mol. The maximum absolute atomic E-state index is 3.97. The van der Waals surface area contributed by atoms with Crippen LogP contribution >= 0.6 is 0 Å². The Hall–Kier alpha value is -0.300. The first-order valence-electron chi connectivity index (χ1n) is 5.59. The molecular formula is C13H27N. The molecule has 0 aliphatic rings. The van der Waals surface area contributed by atoms with E-state index in [1.165, 1.54) is 12.0 Å². The fourth-order valence-electron chi connectivity index (χ4n) is 1.50. The molecule has 84 valence electrons. The summed E-state index contributed by atoms with van der Waals surface area (Å²) in [5.74, 6) is 0.735. The Morgan fingerprint density at radius 1 is 1.36 bits per heavy atom. The predicted molar refractivity (Wildman–Crippen MR) is 65.5 cm³/mol. The quantitative estimate of drug-likeness (QED) is 0.664. The van der Waals surface area contributed by atoms with E-state index in [9.17, 15) is 0 Å². The summed E-state index contributed by atoms with van der Waals surface area (Å²) in [5.41, 5.74) is 1.68. The van der Waals surface area contributed by atoms with Crippen LogP contribution in [0.1, 0.15) is 47.5 Å². The minimum atomic E-state index is 0.407. The second-order valence-corrected chi connectivity index (χ2v) is 5.65. The van der Waals surface area contributed by atoms with Crippen molar-refractivity contribution >= 4 is 0 Å². The highest BCUT2D eigenvalue weighted by Gasteiger charge is 2.22. The van der Waals surface area contributed by atoms with Crippen LogP contribution < -0.4 is 5.32 Å². The molecule has 0 aromatic heterocycles. The number of hydrogen-bond acceptors (Lipinski definition) is 1. The second kappa shape index (κ2) is 5.55. The molecule has 0 aromatic rings. The third-order valence-electron chi connectivity index (χ3n) is 3.12. The Kier molecular flexibility index (Phi) is 5.43. The van der Waals surface area contributed by atoms with Crippen LogP contribution in [0.2, 0.25) is 0 Å². The highest BCUT2D eigenvalue weighted by molar-refractivity contribution is 4.93. The maximum Gasteiger partial charge on any atom is 0.0104 e. The van der Waals surface area contributed by atoms with E-state index >= 15 is 0 Å². The Balaban J connectivity index is 4.11. The lowest BCUT2D eigenvalue weighted by molar-refractivity contribution is 0.225. The molecule has 0 saturated carbocycles. The van der Waals surface area contributed by atoms with E-state index in [0.717, 1.165) is 12.3 Å². The van der Waals surface area contributed by atoms with Gasteiger partial charge in [0.15, 0.2) is 0 Å². The molecule has 2 atom stereocenters. The van der Waals surface area contributed by atoms with Crippen LogP contribution in [0.3, 0.4) is 0 Å². The standard InChI is InChI=1S/C13H27N/c1-10(2)8-12(14-7)9-11(3)13(4,5)6/h11-12,14H,1,8-9H2,2-7H3. The Labute approximate surface area is 90.0 Å². The van der Waals surface area contributed by atoms with Crippen molar-refractivity contribution < 1.29 is 0 Å². The van der Waals surface area contributed by atoms with Gasteiger partial charge in [-0.05, 0) is 38.1 Å². The lowest BCUT2D eigenvalue weighted by Gasteiger charge is -2.30. The normalized spacial score (nSPS) is 16.4. The van der Waals surface area contributed by atoms with E-state index < -0.39 is 0 Å². The van der Waals surface area contributed by atoms with E-state index in [0.29, 0.717) is 11.5 Å². The summed E-state index contributed by atoms with van der Waals surface area (Å²) in [6.07, 6.45) is 2.32. The van der Waals surface area contributed by atoms with Gasteiger partial charge in [-0.25, -0.2) is 0 Å². The van der Waals surface area contributed by atoms with E-state index in [2.05, 4.69) is 46.5 Å². The predicted octanol–water partition coefficient (Wildman–Crippen LogP) is 3.61. The summed E-state index contributed by atoms with van der Waals surface area (Å²) >= 11 is 0. The molecule has 1 nitrogen and oxygen atoms in total. The number of nitrogens with one attached hydrogen (secondary N) is 1. The average Bonchev–Trinajstić information content (AvgIpc) is 2.00. The van der Waals surface area contributed by atoms with Gasteiger partial charge >= 0.3 is 0 Å². The minimum absolute atomic E-state index is 0.407. The van der Waals surface area contributed by atoms with Crippen LogP contribution in [0.15, 0.2) is 12.2 Å². The average molecular weight is 197 g/mol. The van der Waals surface area contributed by atoms with Crippen molar-refractivity contribution in [1.29, 1.82) is 0 Å². The molecule has 0 aliphatic heterocycles. The topological polar surface area (TPSA) is 12.0 Å². The van der Waals surface area contributed by atoms with Gasteiger partial charge < -0.3 is 5.32 Å². The van der Waals surface area contributed by atoms with Crippen molar-refractivity contribution in [2.75, 3.05) is 7.05 Å². The summed E-state index contributed by atoms with van der Waals surface area (Å²) in [6.45, 7) is 15.3. The summed E-state index contributed by atoms with van der Waals surface area (Å²) < 4.78 is 0. The summed E-state index contributed by atoms with van der Waals surface area (Å²) in [4.78, 5) is 0. The molecule has 0 aliphatic carbocycles. The molecule has 0 bridgehead atoms. The van der Waals surface area contributed by atoms with Gasteiger partial charge in [0.05, 0.1) is 0 Å². The van der Waals surface area contributed by atoms with Gasteiger partial charge in [-0.3, -0.25) is 0 Å². The molecule has 0 rings (SSSR count). The van der Waals surface area contributed by atoms with Crippen LogP contribution in [-0.2, 0) is 0 Å².